The fourth-order valence-corrected chi connectivity index (χ4v) is 2.41. The van der Waals surface area contributed by atoms with Crippen LogP contribution in [0, 0.1) is 0 Å². The van der Waals surface area contributed by atoms with E-state index in [1.807, 2.05) is 30.3 Å². The molecule has 0 aliphatic heterocycles. The molecule has 140 valence electrons. The number of hydrogen-bond donors (Lipinski definition) is 2. The van der Waals surface area contributed by atoms with Crippen LogP contribution in [0.1, 0.15) is 22.8 Å². The van der Waals surface area contributed by atoms with E-state index in [-0.39, 0.29) is 6.10 Å². The zero-order chi connectivity index (χ0) is 19.0. The Morgan fingerprint density at radius 2 is 1.69 bits per heavy atom. The van der Waals surface area contributed by atoms with E-state index in [0.29, 0.717) is 19.0 Å². The second-order valence-corrected chi connectivity index (χ2v) is 5.64. The van der Waals surface area contributed by atoms with Gasteiger partial charge in [-0.2, -0.15) is 13.2 Å². The summed E-state index contributed by atoms with van der Waals surface area (Å²) in [6, 6.07) is 14.8. The molecular formula is C19H22F3N3O. The van der Waals surface area contributed by atoms with Crippen LogP contribution in [0.25, 0.3) is 0 Å². The third-order valence-electron chi connectivity index (χ3n) is 3.88. The molecule has 0 aromatic heterocycles. The number of benzene rings is 2. The van der Waals surface area contributed by atoms with Gasteiger partial charge in [-0.1, -0.05) is 42.5 Å². The van der Waals surface area contributed by atoms with Crippen LogP contribution in [0.3, 0.4) is 0 Å². The zero-order valence-corrected chi connectivity index (χ0v) is 14.7. The van der Waals surface area contributed by atoms with Gasteiger partial charge in [0.1, 0.15) is 0 Å². The van der Waals surface area contributed by atoms with Crippen molar-refractivity contribution in [2.45, 2.75) is 18.8 Å². The van der Waals surface area contributed by atoms with Crippen LogP contribution in [0.2, 0.25) is 0 Å². The molecule has 0 heterocycles. The molecule has 2 aromatic rings. The van der Waals surface area contributed by atoms with Crippen LogP contribution in [0.5, 0.6) is 0 Å². The molecule has 0 bridgehead atoms. The number of nitrogens with zero attached hydrogens (tertiary/aromatic N) is 1. The van der Waals surface area contributed by atoms with Crippen molar-refractivity contribution < 1.29 is 17.9 Å². The average molecular weight is 365 g/mol. The monoisotopic (exact) mass is 365 g/mol. The first-order chi connectivity index (χ1) is 12.4. The van der Waals surface area contributed by atoms with Crippen LogP contribution in [-0.4, -0.2) is 26.7 Å². The average Bonchev–Trinajstić information content (AvgIpc) is 2.65. The van der Waals surface area contributed by atoms with Gasteiger partial charge in [0.05, 0.1) is 11.7 Å². The van der Waals surface area contributed by atoms with Gasteiger partial charge in [-0.15, -0.1) is 0 Å². The van der Waals surface area contributed by atoms with Gasteiger partial charge in [-0.3, -0.25) is 4.99 Å². The van der Waals surface area contributed by atoms with E-state index >= 15 is 0 Å². The molecule has 0 amide bonds. The Bertz CT molecular complexity index is 700. The molecule has 26 heavy (non-hydrogen) atoms. The number of nitrogens with one attached hydrogen (secondary N) is 2. The van der Waals surface area contributed by atoms with E-state index in [2.05, 4.69) is 15.6 Å². The SMILES string of the molecule is CN=C(NCc1ccc(C(F)(F)F)cc1)NCC(OC)c1ccccc1. The lowest BCUT2D eigenvalue weighted by molar-refractivity contribution is -0.137. The molecule has 0 radical (unpaired) electrons. The van der Waals surface area contributed by atoms with Crippen molar-refractivity contribution in [2.24, 2.45) is 4.99 Å². The molecule has 2 aromatic carbocycles. The van der Waals surface area contributed by atoms with Gasteiger partial charge < -0.3 is 15.4 Å². The molecule has 0 saturated heterocycles. The molecule has 0 spiro atoms. The quantitative estimate of drug-likeness (QED) is 0.605. The van der Waals surface area contributed by atoms with Crippen molar-refractivity contribution in [3.63, 3.8) is 0 Å². The summed E-state index contributed by atoms with van der Waals surface area (Å²) in [5.41, 5.74) is 1.11. The normalized spacial score (nSPS) is 13.3. The highest BCUT2D eigenvalue weighted by Crippen LogP contribution is 2.29. The van der Waals surface area contributed by atoms with E-state index in [1.165, 1.54) is 12.1 Å². The molecule has 0 aliphatic rings. The van der Waals surface area contributed by atoms with Gasteiger partial charge in [0.15, 0.2) is 5.96 Å². The fraction of sp³-hybridized carbons (Fsp3) is 0.316. The summed E-state index contributed by atoms with van der Waals surface area (Å²) < 4.78 is 43.2. The minimum atomic E-state index is -4.32. The minimum absolute atomic E-state index is 0.138. The molecule has 1 atom stereocenters. The number of rotatable bonds is 6. The van der Waals surface area contributed by atoms with Crippen molar-refractivity contribution in [3.8, 4) is 0 Å². The number of ether oxygens (including phenoxy) is 1. The summed E-state index contributed by atoms with van der Waals surface area (Å²) in [6.45, 7) is 0.869. The first-order valence-corrected chi connectivity index (χ1v) is 8.12. The summed E-state index contributed by atoms with van der Waals surface area (Å²) in [5, 5.41) is 6.24. The largest absolute Gasteiger partial charge is 0.416 e. The van der Waals surface area contributed by atoms with Crippen LogP contribution < -0.4 is 10.6 Å². The Hall–Kier alpha value is -2.54. The van der Waals surface area contributed by atoms with Gasteiger partial charge in [-0.05, 0) is 23.3 Å². The number of hydrogen-bond acceptors (Lipinski definition) is 2. The van der Waals surface area contributed by atoms with Crippen LogP contribution in [0.15, 0.2) is 59.6 Å². The lowest BCUT2D eigenvalue weighted by Crippen LogP contribution is -2.39. The minimum Gasteiger partial charge on any atom is -0.375 e. The van der Waals surface area contributed by atoms with Crippen LogP contribution >= 0.6 is 0 Å². The van der Waals surface area contributed by atoms with Gasteiger partial charge in [0, 0.05) is 27.2 Å². The van der Waals surface area contributed by atoms with Gasteiger partial charge >= 0.3 is 6.18 Å². The maximum Gasteiger partial charge on any atom is 0.416 e. The molecule has 7 heteroatoms. The third kappa shape index (κ3) is 5.77. The van der Waals surface area contributed by atoms with Crippen LogP contribution in [0.4, 0.5) is 13.2 Å². The Morgan fingerprint density at radius 3 is 2.23 bits per heavy atom. The highest BCUT2D eigenvalue weighted by Gasteiger charge is 2.29. The summed E-state index contributed by atoms with van der Waals surface area (Å²) >= 11 is 0. The van der Waals surface area contributed by atoms with Crippen molar-refractivity contribution in [3.05, 3.63) is 71.3 Å². The van der Waals surface area contributed by atoms with Gasteiger partial charge in [0.2, 0.25) is 0 Å². The Balaban J connectivity index is 1.87. The Kier molecular flexibility index (Phi) is 7.03. The Morgan fingerprint density at radius 1 is 1.04 bits per heavy atom. The van der Waals surface area contributed by atoms with Crippen molar-refractivity contribution in [1.82, 2.24) is 10.6 Å². The summed E-state index contributed by atoms with van der Waals surface area (Å²) in [7, 11) is 3.27. The van der Waals surface area contributed by atoms with E-state index < -0.39 is 11.7 Å². The van der Waals surface area contributed by atoms with Gasteiger partial charge in [-0.25, -0.2) is 0 Å². The second kappa shape index (κ2) is 9.24. The number of aliphatic imine (C=N–C) groups is 1. The van der Waals surface area contributed by atoms with E-state index in [9.17, 15) is 13.2 Å². The highest BCUT2D eigenvalue weighted by molar-refractivity contribution is 5.79. The molecule has 0 saturated carbocycles. The smallest absolute Gasteiger partial charge is 0.375 e. The zero-order valence-electron chi connectivity index (χ0n) is 14.7. The van der Waals surface area contributed by atoms with E-state index in [0.717, 1.165) is 23.3 Å². The van der Waals surface area contributed by atoms with Crippen molar-refractivity contribution >= 4 is 5.96 Å². The summed E-state index contributed by atoms with van der Waals surface area (Å²) in [4.78, 5) is 4.12. The molecule has 1 unspecified atom stereocenters. The second-order valence-electron chi connectivity index (χ2n) is 5.64. The predicted molar refractivity (Wildman–Crippen MR) is 95.8 cm³/mol. The Labute approximate surface area is 151 Å². The number of guanidine groups is 1. The number of halogens is 3. The maximum absolute atomic E-state index is 12.6. The third-order valence-corrected chi connectivity index (χ3v) is 3.88. The first kappa shape index (κ1) is 19.8. The molecule has 2 N–H and O–H groups in total. The topological polar surface area (TPSA) is 45.7 Å². The first-order valence-electron chi connectivity index (χ1n) is 8.12. The van der Waals surface area contributed by atoms with Crippen molar-refractivity contribution in [1.29, 1.82) is 0 Å². The van der Waals surface area contributed by atoms with E-state index in [4.69, 9.17) is 4.74 Å². The molecule has 0 aliphatic carbocycles. The number of methoxy groups -OCH3 is 1. The molecule has 4 nitrogen and oxygen atoms in total. The molecular weight excluding hydrogens is 343 g/mol. The van der Waals surface area contributed by atoms with Gasteiger partial charge in [0.25, 0.3) is 0 Å². The van der Waals surface area contributed by atoms with Crippen LogP contribution in [-0.2, 0) is 17.5 Å². The summed E-state index contributed by atoms with van der Waals surface area (Å²) in [5.74, 6) is 0.544. The molecule has 2 rings (SSSR count). The predicted octanol–water partition coefficient (Wildman–Crippen LogP) is 3.76. The summed E-state index contributed by atoms with van der Waals surface area (Å²) in [6.07, 6.45) is -4.46. The molecule has 0 fully saturated rings. The van der Waals surface area contributed by atoms with E-state index in [1.54, 1.807) is 14.2 Å². The highest BCUT2D eigenvalue weighted by atomic mass is 19.4. The standard InChI is InChI=1S/C19H22F3N3O/c1-23-18(25-13-17(26-2)15-6-4-3-5-7-15)24-12-14-8-10-16(11-9-14)19(20,21)22/h3-11,17H,12-13H2,1-2H3,(H2,23,24,25). The van der Waals surface area contributed by atoms with Crippen molar-refractivity contribution in [2.75, 3.05) is 20.7 Å². The lowest BCUT2D eigenvalue weighted by atomic mass is 10.1. The number of alkyl halides is 3. The fourth-order valence-electron chi connectivity index (χ4n) is 2.41. The maximum atomic E-state index is 12.6. The lowest BCUT2D eigenvalue weighted by Gasteiger charge is -2.19.